The number of aromatic nitrogens is 3. The van der Waals surface area contributed by atoms with Crippen LogP contribution in [0.5, 0.6) is 17.2 Å². The number of aromatic amines is 1. The van der Waals surface area contributed by atoms with E-state index in [9.17, 15) is 4.79 Å². The van der Waals surface area contributed by atoms with Crippen molar-refractivity contribution in [2.75, 3.05) is 20.8 Å². The fourth-order valence-corrected chi connectivity index (χ4v) is 2.70. The largest absolute Gasteiger partial charge is 0.497 e. The van der Waals surface area contributed by atoms with E-state index in [1.807, 2.05) is 30.3 Å². The van der Waals surface area contributed by atoms with Crippen LogP contribution < -0.4 is 19.5 Å². The van der Waals surface area contributed by atoms with Gasteiger partial charge in [-0.15, -0.1) is 0 Å². The molecule has 1 aromatic heterocycles. The van der Waals surface area contributed by atoms with Crippen LogP contribution in [0.15, 0.2) is 61.2 Å². The Morgan fingerprint density at radius 3 is 2.65 bits per heavy atom. The van der Waals surface area contributed by atoms with E-state index in [-0.39, 0.29) is 12.5 Å². The molecule has 0 aliphatic heterocycles. The SMILES string of the molecule is C=CCOc1ccc(/C=C/C(=O)NCc2nc(-c3ccc(OC)cc3)n[nH]2)cc1OC. The van der Waals surface area contributed by atoms with Gasteiger partial charge in [0.2, 0.25) is 5.91 Å². The molecule has 0 aliphatic rings. The minimum absolute atomic E-state index is 0.226. The average Bonchev–Trinajstić information content (AvgIpc) is 3.29. The Labute approximate surface area is 180 Å². The first-order valence-corrected chi connectivity index (χ1v) is 9.56. The van der Waals surface area contributed by atoms with Crippen molar-refractivity contribution in [1.82, 2.24) is 20.5 Å². The van der Waals surface area contributed by atoms with Gasteiger partial charge in [0.15, 0.2) is 17.3 Å². The summed E-state index contributed by atoms with van der Waals surface area (Å²) >= 11 is 0. The first-order chi connectivity index (χ1) is 15.1. The van der Waals surface area contributed by atoms with Crippen molar-refractivity contribution in [2.45, 2.75) is 6.54 Å². The van der Waals surface area contributed by atoms with E-state index in [2.05, 4.69) is 27.1 Å². The molecule has 2 aromatic carbocycles. The van der Waals surface area contributed by atoms with E-state index >= 15 is 0 Å². The highest BCUT2D eigenvalue weighted by atomic mass is 16.5. The molecule has 3 rings (SSSR count). The fourth-order valence-electron chi connectivity index (χ4n) is 2.70. The van der Waals surface area contributed by atoms with Gasteiger partial charge in [0.25, 0.3) is 0 Å². The maximum absolute atomic E-state index is 12.2. The number of amides is 1. The molecule has 31 heavy (non-hydrogen) atoms. The lowest BCUT2D eigenvalue weighted by Gasteiger charge is -2.09. The zero-order chi connectivity index (χ0) is 22.1. The van der Waals surface area contributed by atoms with Crippen molar-refractivity contribution in [3.8, 4) is 28.6 Å². The van der Waals surface area contributed by atoms with Crippen LogP contribution in [0.2, 0.25) is 0 Å². The number of rotatable bonds is 10. The maximum atomic E-state index is 12.2. The van der Waals surface area contributed by atoms with E-state index in [4.69, 9.17) is 14.2 Å². The highest BCUT2D eigenvalue weighted by Gasteiger charge is 2.08. The van der Waals surface area contributed by atoms with E-state index in [1.54, 1.807) is 38.5 Å². The molecule has 3 aromatic rings. The van der Waals surface area contributed by atoms with Gasteiger partial charge in [0.05, 0.1) is 20.8 Å². The smallest absolute Gasteiger partial charge is 0.244 e. The van der Waals surface area contributed by atoms with Gasteiger partial charge in [-0.3, -0.25) is 9.89 Å². The van der Waals surface area contributed by atoms with E-state index < -0.39 is 0 Å². The van der Waals surface area contributed by atoms with Crippen molar-refractivity contribution in [1.29, 1.82) is 0 Å². The number of ether oxygens (including phenoxy) is 3. The van der Waals surface area contributed by atoms with Crippen LogP contribution in [0.1, 0.15) is 11.4 Å². The topological polar surface area (TPSA) is 98.4 Å². The number of nitrogens with zero attached hydrogens (tertiary/aromatic N) is 2. The van der Waals surface area contributed by atoms with Gasteiger partial charge in [0.1, 0.15) is 18.2 Å². The molecular formula is C23H24N4O4. The maximum Gasteiger partial charge on any atom is 0.244 e. The fraction of sp³-hybridized carbons (Fsp3) is 0.174. The molecule has 0 saturated carbocycles. The van der Waals surface area contributed by atoms with Gasteiger partial charge in [-0.2, -0.15) is 5.10 Å². The van der Waals surface area contributed by atoms with Crippen molar-refractivity contribution >= 4 is 12.0 Å². The highest BCUT2D eigenvalue weighted by Crippen LogP contribution is 2.28. The van der Waals surface area contributed by atoms with Crippen LogP contribution in [0.3, 0.4) is 0 Å². The molecule has 2 N–H and O–H groups in total. The van der Waals surface area contributed by atoms with Crippen molar-refractivity contribution in [3.05, 3.63) is 72.6 Å². The monoisotopic (exact) mass is 420 g/mol. The summed E-state index contributed by atoms with van der Waals surface area (Å²) in [5.74, 6) is 2.80. The molecule has 0 bridgehead atoms. The molecule has 0 fully saturated rings. The Bertz CT molecular complexity index is 1060. The lowest BCUT2D eigenvalue weighted by atomic mass is 10.2. The van der Waals surface area contributed by atoms with Crippen molar-refractivity contribution in [3.63, 3.8) is 0 Å². The van der Waals surface area contributed by atoms with Crippen molar-refractivity contribution < 1.29 is 19.0 Å². The first-order valence-electron chi connectivity index (χ1n) is 9.56. The first kappa shape index (κ1) is 21.6. The van der Waals surface area contributed by atoms with Gasteiger partial charge >= 0.3 is 0 Å². The van der Waals surface area contributed by atoms with Crippen LogP contribution in [-0.2, 0) is 11.3 Å². The molecule has 0 saturated heterocycles. The van der Waals surface area contributed by atoms with Crippen LogP contribution in [0, 0.1) is 0 Å². The van der Waals surface area contributed by atoms with Crippen LogP contribution in [0.25, 0.3) is 17.5 Å². The summed E-state index contributed by atoms with van der Waals surface area (Å²) in [5, 5.41) is 9.79. The molecule has 0 aliphatic carbocycles. The Morgan fingerprint density at radius 1 is 1.13 bits per heavy atom. The summed E-state index contributed by atoms with van der Waals surface area (Å²) in [6, 6.07) is 12.8. The number of nitrogens with one attached hydrogen (secondary N) is 2. The van der Waals surface area contributed by atoms with Crippen LogP contribution >= 0.6 is 0 Å². The van der Waals surface area contributed by atoms with Gasteiger partial charge in [0, 0.05) is 11.6 Å². The number of benzene rings is 2. The standard InChI is InChI=1S/C23H24N4O4/c1-4-13-31-19-11-5-16(14-20(19)30-3)6-12-22(28)24-15-21-25-23(27-26-21)17-7-9-18(29-2)10-8-17/h4-12,14H,1,13,15H2,2-3H3,(H,24,28)(H,25,26,27)/b12-6+. The molecule has 1 heterocycles. The highest BCUT2D eigenvalue weighted by molar-refractivity contribution is 5.91. The average molecular weight is 420 g/mol. The quantitative estimate of drug-likeness (QED) is 0.385. The zero-order valence-corrected chi connectivity index (χ0v) is 17.4. The third-order valence-corrected chi connectivity index (χ3v) is 4.28. The number of hydrogen-bond acceptors (Lipinski definition) is 6. The second-order valence-electron chi connectivity index (χ2n) is 6.40. The van der Waals surface area contributed by atoms with Gasteiger partial charge in [-0.05, 0) is 48.0 Å². The molecule has 0 unspecified atom stereocenters. The number of carbonyl (C=O) groups excluding carboxylic acids is 1. The number of H-pyrrole nitrogens is 1. The summed E-state index contributed by atoms with van der Waals surface area (Å²) in [7, 11) is 3.18. The lowest BCUT2D eigenvalue weighted by Crippen LogP contribution is -2.20. The van der Waals surface area contributed by atoms with Gasteiger partial charge in [-0.1, -0.05) is 18.7 Å². The Morgan fingerprint density at radius 2 is 1.94 bits per heavy atom. The summed E-state index contributed by atoms with van der Waals surface area (Å²) in [6.07, 6.45) is 4.80. The minimum Gasteiger partial charge on any atom is -0.497 e. The van der Waals surface area contributed by atoms with E-state index in [1.165, 1.54) is 6.08 Å². The Balaban J connectivity index is 1.56. The number of carbonyl (C=O) groups is 1. The second kappa shape index (κ2) is 10.6. The molecule has 8 nitrogen and oxygen atoms in total. The molecular weight excluding hydrogens is 396 g/mol. The lowest BCUT2D eigenvalue weighted by molar-refractivity contribution is -0.116. The summed E-state index contributed by atoms with van der Waals surface area (Å²) in [5.41, 5.74) is 1.66. The summed E-state index contributed by atoms with van der Waals surface area (Å²) in [4.78, 5) is 16.6. The number of hydrogen-bond donors (Lipinski definition) is 2. The van der Waals surface area contributed by atoms with Gasteiger partial charge in [-0.25, -0.2) is 4.98 Å². The van der Waals surface area contributed by atoms with Crippen molar-refractivity contribution in [2.24, 2.45) is 0 Å². The third kappa shape index (κ3) is 5.96. The predicted octanol–water partition coefficient (Wildman–Crippen LogP) is 3.38. The second-order valence-corrected chi connectivity index (χ2v) is 6.40. The molecule has 160 valence electrons. The molecule has 0 spiro atoms. The summed E-state index contributed by atoms with van der Waals surface area (Å²) in [6.45, 7) is 4.23. The van der Waals surface area contributed by atoms with E-state index in [0.717, 1.165) is 16.9 Å². The van der Waals surface area contributed by atoms with Crippen LogP contribution in [0.4, 0.5) is 0 Å². The molecule has 1 amide bonds. The van der Waals surface area contributed by atoms with Crippen LogP contribution in [-0.4, -0.2) is 41.9 Å². The Hall–Kier alpha value is -4.07. The predicted molar refractivity (Wildman–Crippen MR) is 118 cm³/mol. The number of methoxy groups -OCH3 is 2. The molecule has 0 atom stereocenters. The zero-order valence-electron chi connectivity index (χ0n) is 17.4. The van der Waals surface area contributed by atoms with E-state index in [0.29, 0.717) is 29.8 Å². The summed E-state index contributed by atoms with van der Waals surface area (Å²) < 4.78 is 16.0. The third-order valence-electron chi connectivity index (χ3n) is 4.28. The normalized spacial score (nSPS) is 10.6. The molecule has 8 heteroatoms. The minimum atomic E-state index is -0.256. The Kier molecular flexibility index (Phi) is 7.42. The molecule has 0 radical (unpaired) electrons. The van der Waals surface area contributed by atoms with Gasteiger partial charge < -0.3 is 19.5 Å².